The fourth-order valence-corrected chi connectivity index (χ4v) is 1.96. The van der Waals surface area contributed by atoms with E-state index in [9.17, 15) is 13.6 Å². The second kappa shape index (κ2) is 7.11. The van der Waals surface area contributed by atoms with E-state index in [1.807, 2.05) is 0 Å². The van der Waals surface area contributed by atoms with E-state index in [1.54, 1.807) is 0 Å². The molecular weight excluding hydrogens is 252 g/mol. The second-order valence-electron chi connectivity index (χ2n) is 4.22. The summed E-state index contributed by atoms with van der Waals surface area (Å²) in [6, 6.07) is 0. The predicted octanol–water partition coefficient (Wildman–Crippen LogP) is 2.18. The number of carbonyl (C=O) groups is 1. The smallest absolute Gasteiger partial charge is 0.248 e. The highest BCUT2D eigenvalue weighted by molar-refractivity contribution is 6.17. The van der Waals surface area contributed by atoms with Gasteiger partial charge in [0.15, 0.2) is 0 Å². The van der Waals surface area contributed by atoms with Crippen LogP contribution in [-0.4, -0.2) is 37.5 Å². The molecule has 0 atom stereocenters. The van der Waals surface area contributed by atoms with Crippen molar-refractivity contribution in [3.63, 3.8) is 0 Å². The molecule has 1 amide bonds. The molecule has 0 spiro atoms. The van der Waals surface area contributed by atoms with Gasteiger partial charge >= 0.3 is 0 Å². The lowest BCUT2D eigenvalue weighted by Gasteiger charge is -2.27. The van der Waals surface area contributed by atoms with E-state index in [1.165, 1.54) is 0 Å². The van der Waals surface area contributed by atoms with Crippen LogP contribution in [0.1, 0.15) is 25.7 Å². The predicted molar refractivity (Wildman–Crippen MR) is 61.5 cm³/mol. The Bertz CT molecular complexity index is 242. The van der Waals surface area contributed by atoms with Crippen molar-refractivity contribution in [1.82, 2.24) is 5.32 Å². The van der Waals surface area contributed by atoms with Crippen molar-refractivity contribution in [2.45, 2.75) is 31.6 Å². The van der Waals surface area contributed by atoms with Gasteiger partial charge in [0.05, 0.1) is 13.2 Å². The van der Waals surface area contributed by atoms with Gasteiger partial charge in [-0.3, -0.25) is 4.79 Å². The molecule has 0 aromatic rings. The molecule has 17 heavy (non-hydrogen) atoms. The van der Waals surface area contributed by atoms with E-state index in [0.717, 1.165) is 0 Å². The van der Waals surface area contributed by atoms with Gasteiger partial charge < -0.3 is 10.1 Å². The molecule has 100 valence electrons. The van der Waals surface area contributed by atoms with Crippen LogP contribution in [0, 0.1) is 5.92 Å². The van der Waals surface area contributed by atoms with Gasteiger partial charge in [-0.15, -0.1) is 11.6 Å². The number of hydrogen-bond donors (Lipinski definition) is 1. The SMILES string of the molecule is O=C(NCCOCCCl)C1CCC(F)(F)CC1. The number of halogens is 3. The summed E-state index contributed by atoms with van der Waals surface area (Å²) in [4.78, 5) is 11.6. The third-order valence-corrected chi connectivity index (χ3v) is 3.01. The Morgan fingerprint density at radius 2 is 2.00 bits per heavy atom. The molecule has 0 unspecified atom stereocenters. The minimum absolute atomic E-state index is 0.144. The molecule has 1 saturated carbocycles. The number of alkyl halides is 3. The van der Waals surface area contributed by atoms with Crippen molar-refractivity contribution in [2.75, 3.05) is 25.6 Å². The van der Waals surface area contributed by atoms with Gasteiger partial charge in [0.1, 0.15) is 0 Å². The zero-order chi connectivity index (χ0) is 12.7. The highest BCUT2D eigenvalue weighted by atomic mass is 35.5. The number of ether oxygens (including phenoxy) is 1. The third-order valence-electron chi connectivity index (χ3n) is 2.86. The molecule has 1 N–H and O–H groups in total. The van der Waals surface area contributed by atoms with Gasteiger partial charge in [0.25, 0.3) is 0 Å². The first-order chi connectivity index (χ1) is 8.05. The van der Waals surface area contributed by atoms with E-state index in [0.29, 0.717) is 25.6 Å². The zero-order valence-electron chi connectivity index (χ0n) is 9.68. The van der Waals surface area contributed by atoms with Crippen LogP contribution in [0.15, 0.2) is 0 Å². The van der Waals surface area contributed by atoms with E-state index in [4.69, 9.17) is 16.3 Å². The second-order valence-corrected chi connectivity index (χ2v) is 4.60. The van der Waals surface area contributed by atoms with Crippen molar-refractivity contribution in [1.29, 1.82) is 0 Å². The number of nitrogens with one attached hydrogen (secondary N) is 1. The monoisotopic (exact) mass is 269 g/mol. The van der Waals surface area contributed by atoms with Crippen molar-refractivity contribution < 1.29 is 18.3 Å². The number of hydrogen-bond acceptors (Lipinski definition) is 2. The maximum Gasteiger partial charge on any atom is 0.248 e. The van der Waals surface area contributed by atoms with E-state index < -0.39 is 5.92 Å². The summed E-state index contributed by atoms with van der Waals surface area (Å²) in [5, 5.41) is 2.69. The average Bonchev–Trinajstić information content (AvgIpc) is 2.28. The van der Waals surface area contributed by atoms with Crippen molar-refractivity contribution >= 4 is 17.5 Å². The normalized spacial score (nSPS) is 20.2. The largest absolute Gasteiger partial charge is 0.378 e. The molecule has 3 nitrogen and oxygen atoms in total. The molecule has 0 heterocycles. The van der Waals surface area contributed by atoms with Crippen molar-refractivity contribution in [3.05, 3.63) is 0 Å². The molecule has 6 heteroatoms. The van der Waals surface area contributed by atoms with Gasteiger partial charge in [0, 0.05) is 31.2 Å². The fraction of sp³-hybridized carbons (Fsp3) is 0.909. The standard InChI is InChI=1S/C11H18ClF2NO2/c12-5-7-17-8-6-15-10(16)9-1-3-11(13,14)4-2-9/h9H,1-8H2,(H,15,16). The van der Waals surface area contributed by atoms with Crippen LogP contribution >= 0.6 is 11.6 Å². The summed E-state index contributed by atoms with van der Waals surface area (Å²) in [7, 11) is 0. The van der Waals surface area contributed by atoms with Crippen LogP contribution in [0.4, 0.5) is 8.78 Å². The van der Waals surface area contributed by atoms with E-state index in [2.05, 4.69) is 5.32 Å². The first-order valence-corrected chi connectivity index (χ1v) is 6.38. The summed E-state index contributed by atoms with van der Waals surface area (Å²) in [5.41, 5.74) is 0. The number of carbonyl (C=O) groups excluding carboxylic acids is 1. The van der Waals surface area contributed by atoms with Gasteiger partial charge in [-0.1, -0.05) is 0 Å². The molecule has 0 saturated heterocycles. The maximum atomic E-state index is 12.9. The van der Waals surface area contributed by atoms with Crippen molar-refractivity contribution in [3.8, 4) is 0 Å². The van der Waals surface area contributed by atoms with Gasteiger partial charge in [-0.05, 0) is 12.8 Å². The van der Waals surface area contributed by atoms with Crippen LogP contribution in [0.25, 0.3) is 0 Å². The molecule has 0 aromatic carbocycles. The summed E-state index contributed by atoms with van der Waals surface area (Å²) < 4.78 is 30.8. The summed E-state index contributed by atoms with van der Waals surface area (Å²) in [5.74, 6) is -2.58. The minimum Gasteiger partial charge on any atom is -0.378 e. The Balaban J connectivity index is 2.12. The highest BCUT2D eigenvalue weighted by Crippen LogP contribution is 2.36. The lowest BCUT2D eigenvalue weighted by atomic mass is 9.86. The average molecular weight is 270 g/mol. The quantitative estimate of drug-likeness (QED) is 0.593. The van der Waals surface area contributed by atoms with Crippen LogP contribution in [0.3, 0.4) is 0 Å². The molecule has 1 aliphatic carbocycles. The van der Waals surface area contributed by atoms with Gasteiger partial charge in [-0.2, -0.15) is 0 Å². The summed E-state index contributed by atoms with van der Waals surface area (Å²) in [6.07, 6.45) is 0.157. The molecule has 0 aromatic heterocycles. The Labute approximate surface area is 105 Å². The Morgan fingerprint density at radius 3 is 2.59 bits per heavy atom. The van der Waals surface area contributed by atoms with Crippen LogP contribution < -0.4 is 5.32 Å². The minimum atomic E-state index is -2.58. The number of rotatable bonds is 6. The summed E-state index contributed by atoms with van der Waals surface area (Å²) >= 11 is 5.41. The van der Waals surface area contributed by atoms with E-state index in [-0.39, 0.29) is 37.5 Å². The molecule has 1 fully saturated rings. The lowest BCUT2D eigenvalue weighted by molar-refractivity contribution is -0.129. The molecular formula is C11H18ClF2NO2. The van der Waals surface area contributed by atoms with Gasteiger partial charge in [0.2, 0.25) is 11.8 Å². The topological polar surface area (TPSA) is 38.3 Å². The first-order valence-electron chi connectivity index (χ1n) is 5.84. The van der Waals surface area contributed by atoms with E-state index >= 15 is 0 Å². The maximum absolute atomic E-state index is 12.9. The molecule has 0 bridgehead atoms. The highest BCUT2D eigenvalue weighted by Gasteiger charge is 2.37. The molecule has 0 aliphatic heterocycles. The fourth-order valence-electron chi connectivity index (χ4n) is 1.85. The third kappa shape index (κ3) is 5.64. The number of amides is 1. The zero-order valence-corrected chi connectivity index (χ0v) is 10.4. The van der Waals surface area contributed by atoms with Crippen LogP contribution in [0.2, 0.25) is 0 Å². The molecule has 0 radical (unpaired) electrons. The Hall–Kier alpha value is -0.420. The van der Waals surface area contributed by atoms with Crippen LogP contribution in [0.5, 0.6) is 0 Å². The van der Waals surface area contributed by atoms with Crippen LogP contribution in [-0.2, 0) is 9.53 Å². The molecule has 1 rings (SSSR count). The van der Waals surface area contributed by atoms with Gasteiger partial charge in [-0.25, -0.2) is 8.78 Å². The summed E-state index contributed by atoms with van der Waals surface area (Å²) in [6.45, 7) is 1.26. The Morgan fingerprint density at radius 1 is 1.35 bits per heavy atom. The first kappa shape index (κ1) is 14.6. The Kier molecular flexibility index (Phi) is 6.12. The molecule has 1 aliphatic rings. The lowest BCUT2D eigenvalue weighted by Crippen LogP contribution is -2.37. The van der Waals surface area contributed by atoms with Crippen molar-refractivity contribution in [2.24, 2.45) is 5.92 Å².